The van der Waals surface area contributed by atoms with Crippen LogP contribution in [-0.2, 0) is 9.53 Å². The molecule has 12 heteroatoms. The van der Waals surface area contributed by atoms with E-state index < -0.39 is 6.17 Å². The SMILES string of the molecule is O=C1Nc2ccccc2C(c2ccccc2)=N[C@@H]1Nc1nnc(-c2cn(-c3ccccn3)nc2N2CCOCC2)o1. The Morgan fingerprint density at radius 1 is 0.902 bits per heavy atom. The maximum absolute atomic E-state index is 13.2. The summed E-state index contributed by atoms with van der Waals surface area (Å²) in [6.45, 7) is 2.53. The molecule has 0 saturated carbocycles. The first-order chi connectivity index (χ1) is 20.2. The minimum absolute atomic E-state index is 0.0563. The number of benzene rings is 2. The van der Waals surface area contributed by atoms with E-state index in [4.69, 9.17) is 19.2 Å². The average molecular weight is 548 g/mol. The normalized spacial score (nSPS) is 16.9. The highest BCUT2D eigenvalue weighted by Gasteiger charge is 2.28. The number of aliphatic imine (C=N–C) groups is 1. The molecule has 204 valence electrons. The number of pyridine rings is 1. The fourth-order valence-electron chi connectivity index (χ4n) is 4.82. The smallest absolute Gasteiger partial charge is 0.317 e. The molecule has 0 spiro atoms. The zero-order valence-corrected chi connectivity index (χ0v) is 21.8. The van der Waals surface area contributed by atoms with Gasteiger partial charge in [-0.05, 0) is 18.2 Å². The van der Waals surface area contributed by atoms with Gasteiger partial charge in [-0.25, -0.2) is 14.7 Å². The largest absolute Gasteiger partial charge is 0.403 e. The van der Waals surface area contributed by atoms with Crippen LogP contribution >= 0.6 is 0 Å². The number of hydrogen-bond donors (Lipinski definition) is 2. The number of anilines is 3. The van der Waals surface area contributed by atoms with E-state index in [1.54, 1.807) is 10.9 Å². The summed E-state index contributed by atoms with van der Waals surface area (Å²) in [5.41, 5.74) is 3.69. The molecule has 0 radical (unpaired) electrons. The number of carbonyl (C=O) groups excluding carboxylic acids is 1. The van der Waals surface area contributed by atoms with Gasteiger partial charge in [0.15, 0.2) is 11.6 Å². The summed E-state index contributed by atoms with van der Waals surface area (Å²) in [6, 6.07) is 23.0. The lowest BCUT2D eigenvalue weighted by Crippen LogP contribution is -2.36. The third kappa shape index (κ3) is 4.92. The highest BCUT2D eigenvalue weighted by atomic mass is 16.5. The maximum atomic E-state index is 13.2. The molecule has 0 bridgehead atoms. The Bertz CT molecular complexity index is 1710. The van der Waals surface area contributed by atoms with E-state index in [9.17, 15) is 4.79 Å². The Morgan fingerprint density at radius 2 is 1.71 bits per heavy atom. The van der Waals surface area contributed by atoms with Gasteiger partial charge in [-0.3, -0.25) is 4.79 Å². The molecule has 1 saturated heterocycles. The second-order valence-electron chi connectivity index (χ2n) is 9.44. The van der Waals surface area contributed by atoms with E-state index in [1.165, 1.54) is 0 Å². The van der Waals surface area contributed by atoms with Crippen LogP contribution < -0.4 is 15.5 Å². The average Bonchev–Trinajstić information content (AvgIpc) is 3.65. The molecule has 2 aromatic carbocycles. The van der Waals surface area contributed by atoms with E-state index in [0.717, 1.165) is 11.1 Å². The molecule has 0 unspecified atom stereocenters. The number of carbonyl (C=O) groups is 1. The molecular formula is C29H25N9O3. The fourth-order valence-corrected chi connectivity index (χ4v) is 4.82. The van der Waals surface area contributed by atoms with Gasteiger partial charge in [-0.15, -0.1) is 10.2 Å². The third-order valence-corrected chi connectivity index (χ3v) is 6.80. The number of amides is 1. The molecule has 5 heterocycles. The quantitative estimate of drug-likeness (QED) is 0.328. The summed E-state index contributed by atoms with van der Waals surface area (Å²) in [5.74, 6) is 1.24. The lowest BCUT2D eigenvalue weighted by molar-refractivity contribution is -0.116. The molecule has 2 aliphatic rings. The molecule has 1 atom stereocenters. The van der Waals surface area contributed by atoms with Crippen LogP contribution in [0.3, 0.4) is 0 Å². The van der Waals surface area contributed by atoms with Gasteiger partial charge >= 0.3 is 6.01 Å². The molecule has 41 heavy (non-hydrogen) atoms. The topological polar surface area (TPSA) is 136 Å². The number of para-hydroxylation sites is 1. The standard InChI is InChI=1S/C29H25N9O3/c39-27-25(32-24(19-8-2-1-3-9-19)20-10-4-5-11-22(20)31-27)33-29-35-34-28(41-29)21-18-38(23-12-6-7-13-30-23)36-26(21)37-14-16-40-17-15-37/h1-13,18,25H,14-17H2,(H,31,39)(H,33,35)/t25-/m1/s1. The number of aromatic nitrogens is 5. The number of fused-ring (bicyclic) bond motifs is 1. The maximum Gasteiger partial charge on any atom is 0.317 e. The first kappa shape index (κ1) is 24.7. The number of hydrogen-bond acceptors (Lipinski definition) is 10. The molecule has 2 aliphatic heterocycles. The van der Waals surface area contributed by atoms with Crippen molar-refractivity contribution in [1.29, 1.82) is 0 Å². The second-order valence-corrected chi connectivity index (χ2v) is 9.44. The molecule has 1 amide bonds. The van der Waals surface area contributed by atoms with Gasteiger partial charge in [0.25, 0.3) is 11.8 Å². The van der Waals surface area contributed by atoms with Gasteiger partial charge in [0, 0.05) is 36.6 Å². The number of morpholine rings is 1. The Labute approximate surface area is 234 Å². The molecule has 5 aromatic rings. The van der Waals surface area contributed by atoms with Crippen LogP contribution in [0.5, 0.6) is 0 Å². The second kappa shape index (κ2) is 10.7. The molecule has 7 rings (SSSR count). The van der Waals surface area contributed by atoms with E-state index >= 15 is 0 Å². The van der Waals surface area contributed by atoms with Gasteiger partial charge in [-0.2, -0.15) is 0 Å². The van der Waals surface area contributed by atoms with Gasteiger partial charge in [0.05, 0.1) is 24.6 Å². The van der Waals surface area contributed by atoms with Crippen molar-refractivity contribution in [3.63, 3.8) is 0 Å². The van der Waals surface area contributed by atoms with Crippen LogP contribution in [-0.4, -0.2) is 69.0 Å². The van der Waals surface area contributed by atoms with E-state index in [0.29, 0.717) is 54.9 Å². The summed E-state index contributed by atoms with van der Waals surface area (Å²) < 4.78 is 13.3. The van der Waals surface area contributed by atoms with Gasteiger partial charge in [-0.1, -0.05) is 59.7 Å². The summed E-state index contributed by atoms with van der Waals surface area (Å²) in [6.07, 6.45) is 2.51. The number of nitrogens with zero attached hydrogens (tertiary/aromatic N) is 7. The Balaban J connectivity index is 1.23. The first-order valence-electron chi connectivity index (χ1n) is 13.2. The minimum atomic E-state index is -1.01. The van der Waals surface area contributed by atoms with E-state index in [2.05, 4.69) is 30.7 Å². The molecular weight excluding hydrogens is 522 g/mol. The number of nitrogens with one attached hydrogen (secondary N) is 2. The van der Waals surface area contributed by atoms with Crippen molar-refractivity contribution in [2.45, 2.75) is 6.17 Å². The number of rotatable bonds is 6. The predicted molar refractivity (Wildman–Crippen MR) is 152 cm³/mol. The minimum Gasteiger partial charge on any atom is -0.403 e. The van der Waals surface area contributed by atoms with Crippen LogP contribution in [0.1, 0.15) is 11.1 Å². The van der Waals surface area contributed by atoms with Crippen molar-refractivity contribution in [2.75, 3.05) is 41.8 Å². The highest BCUT2D eigenvalue weighted by Crippen LogP contribution is 2.32. The summed E-state index contributed by atoms with van der Waals surface area (Å²) in [4.78, 5) is 24.6. The van der Waals surface area contributed by atoms with Crippen molar-refractivity contribution in [3.8, 4) is 17.3 Å². The van der Waals surface area contributed by atoms with E-state index in [-0.39, 0.29) is 17.8 Å². The van der Waals surface area contributed by atoms with Crippen molar-refractivity contribution < 1.29 is 13.9 Å². The first-order valence-corrected chi connectivity index (χ1v) is 13.2. The Kier molecular flexibility index (Phi) is 6.41. The zero-order chi connectivity index (χ0) is 27.6. The Hall–Kier alpha value is -5.36. The van der Waals surface area contributed by atoms with Crippen LogP contribution in [0.2, 0.25) is 0 Å². The van der Waals surface area contributed by atoms with Gasteiger partial charge in [0.2, 0.25) is 6.17 Å². The lowest BCUT2D eigenvalue weighted by Gasteiger charge is -2.27. The van der Waals surface area contributed by atoms with Crippen molar-refractivity contribution in [2.24, 2.45) is 4.99 Å². The fraction of sp³-hybridized carbons (Fsp3) is 0.172. The van der Waals surface area contributed by atoms with Gasteiger partial charge < -0.3 is 24.7 Å². The lowest BCUT2D eigenvalue weighted by atomic mass is 10.0. The summed E-state index contributed by atoms with van der Waals surface area (Å²) in [5, 5.41) is 19.2. The van der Waals surface area contributed by atoms with Gasteiger partial charge in [0.1, 0.15) is 5.56 Å². The molecule has 12 nitrogen and oxygen atoms in total. The molecule has 0 aliphatic carbocycles. The monoisotopic (exact) mass is 547 g/mol. The van der Waals surface area contributed by atoms with Crippen molar-refractivity contribution in [3.05, 3.63) is 96.3 Å². The number of benzodiazepines with no additional fused rings is 1. The predicted octanol–water partition coefficient (Wildman–Crippen LogP) is 3.38. The van der Waals surface area contributed by atoms with Crippen LogP contribution in [0.15, 0.2) is 94.6 Å². The molecule has 2 N–H and O–H groups in total. The van der Waals surface area contributed by atoms with Crippen LogP contribution in [0.4, 0.5) is 17.5 Å². The Morgan fingerprint density at radius 3 is 2.54 bits per heavy atom. The number of ether oxygens (including phenoxy) is 1. The van der Waals surface area contributed by atoms with Crippen molar-refractivity contribution in [1.82, 2.24) is 25.0 Å². The molecule has 3 aromatic heterocycles. The highest BCUT2D eigenvalue weighted by molar-refractivity contribution is 6.19. The van der Waals surface area contributed by atoms with Crippen molar-refractivity contribution >= 4 is 29.1 Å². The summed E-state index contributed by atoms with van der Waals surface area (Å²) >= 11 is 0. The van der Waals surface area contributed by atoms with Crippen LogP contribution in [0.25, 0.3) is 17.3 Å². The third-order valence-electron chi connectivity index (χ3n) is 6.80. The molecule has 1 fully saturated rings. The summed E-state index contributed by atoms with van der Waals surface area (Å²) in [7, 11) is 0. The van der Waals surface area contributed by atoms with E-state index in [1.807, 2.05) is 79.0 Å². The zero-order valence-electron chi connectivity index (χ0n) is 21.8. The van der Waals surface area contributed by atoms with Crippen LogP contribution in [0, 0.1) is 0 Å².